The fraction of sp³-hybridized carbons (Fsp3) is 0.250. The molecule has 0 bridgehead atoms. The molecule has 1 aliphatic rings. The Hall–Kier alpha value is -4.25. The van der Waals surface area contributed by atoms with E-state index < -0.39 is 11.5 Å². The van der Waals surface area contributed by atoms with Crippen molar-refractivity contribution in [2.75, 3.05) is 27.3 Å². The summed E-state index contributed by atoms with van der Waals surface area (Å²) in [5.74, 6) is 0.0925. The van der Waals surface area contributed by atoms with E-state index in [1.54, 1.807) is 26.6 Å². The number of fused-ring (bicyclic) bond motifs is 3. The number of hydrogen-bond acceptors (Lipinski definition) is 7. The van der Waals surface area contributed by atoms with Crippen molar-refractivity contribution in [2.45, 2.75) is 6.04 Å². The van der Waals surface area contributed by atoms with Crippen LogP contribution in [0.15, 0.2) is 47.9 Å². The Morgan fingerprint density at radius 1 is 1.09 bits per heavy atom. The number of halogens is 1. The molecule has 0 radical (unpaired) electrons. The number of ether oxygens (including phenoxy) is 2. The van der Waals surface area contributed by atoms with E-state index in [9.17, 15) is 4.79 Å². The third-order valence-corrected chi connectivity index (χ3v) is 6.53. The molecule has 5 aromatic rings. The molecule has 1 aliphatic heterocycles. The van der Waals surface area contributed by atoms with Crippen molar-refractivity contribution in [3.63, 3.8) is 0 Å². The summed E-state index contributed by atoms with van der Waals surface area (Å²) in [6, 6.07) is 4.03. The largest absolute Gasteiger partial charge is 0.496 e. The van der Waals surface area contributed by atoms with Crippen molar-refractivity contribution >= 4 is 21.9 Å². The van der Waals surface area contributed by atoms with Crippen LogP contribution in [0.5, 0.6) is 11.5 Å². The SMILES string of the molecule is COc1cc2ncc3c(c2cc1-c1cnn(C2CNC2)c1)n(-c1c(F)cncc1OC)c(=O)n3C. The summed E-state index contributed by atoms with van der Waals surface area (Å²) >= 11 is 0. The molecule has 10 nitrogen and oxygen atoms in total. The van der Waals surface area contributed by atoms with Gasteiger partial charge >= 0.3 is 5.69 Å². The minimum atomic E-state index is -0.673. The Bertz CT molecular complexity index is 1670. The molecule has 0 spiro atoms. The van der Waals surface area contributed by atoms with E-state index in [-0.39, 0.29) is 11.4 Å². The number of pyridine rings is 2. The monoisotopic (exact) mass is 475 g/mol. The smallest absolute Gasteiger partial charge is 0.333 e. The van der Waals surface area contributed by atoms with Gasteiger partial charge in [-0.25, -0.2) is 9.18 Å². The molecule has 11 heteroatoms. The van der Waals surface area contributed by atoms with Crippen LogP contribution < -0.4 is 20.5 Å². The molecule has 6 rings (SSSR count). The van der Waals surface area contributed by atoms with Gasteiger partial charge in [0.15, 0.2) is 11.6 Å². The fourth-order valence-corrected chi connectivity index (χ4v) is 4.54. The molecule has 1 saturated heterocycles. The number of nitrogens with one attached hydrogen (secondary N) is 1. The maximum atomic E-state index is 15.1. The van der Waals surface area contributed by atoms with Crippen molar-refractivity contribution in [1.29, 1.82) is 0 Å². The average molecular weight is 475 g/mol. The first-order chi connectivity index (χ1) is 17.0. The summed E-state index contributed by atoms with van der Waals surface area (Å²) < 4.78 is 30.8. The van der Waals surface area contributed by atoms with E-state index >= 15 is 4.39 Å². The Morgan fingerprint density at radius 3 is 2.60 bits per heavy atom. The molecular weight excluding hydrogens is 453 g/mol. The van der Waals surface area contributed by atoms with Crippen LogP contribution in [-0.2, 0) is 7.05 Å². The first-order valence-corrected chi connectivity index (χ1v) is 11.0. The Labute approximate surface area is 198 Å². The number of nitrogens with zero attached hydrogens (tertiary/aromatic N) is 6. The first kappa shape index (κ1) is 21.3. The molecule has 0 saturated carbocycles. The number of rotatable bonds is 5. The molecule has 5 heterocycles. The molecule has 0 atom stereocenters. The third-order valence-electron chi connectivity index (χ3n) is 6.53. The van der Waals surface area contributed by atoms with Crippen LogP contribution >= 0.6 is 0 Å². The predicted molar refractivity (Wildman–Crippen MR) is 128 cm³/mol. The molecular formula is C24H22FN7O3. The van der Waals surface area contributed by atoms with Gasteiger partial charge in [0.2, 0.25) is 0 Å². The van der Waals surface area contributed by atoms with Gasteiger partial charge in [-0.1, -0.05) is 0 Å². The maximum Gasteiger partial charge on any atom is 0.333 e. The minimum absolute atomic E-state index is 0.00623. The first-order valence-electron chi connectivity index (χ1n) is 11.0. The number of hydrogen-bond donors (Lipinski definition) is 1. The van der Waals surface area contributed by atoms with Crippen molar-refractivity contribution < 1.29 is 13.9 Å². The summed E-state index contributed by atoms with van der Waals surface area (Å²) in [5, 5.41) is 8.43. The minimum Gasteiger partial charge on any atom is -0.496 e. The maximum absolute atomic E-state index is 15.1. The number of imidazole rings is 1. The van der Waals surface area contributed by atoms with Gasteiger partial charge < -0.3 is 14.8 Å². The van der Waals surface area contributed by atoms with E-state index in [2.05, 4.69) is 20.4 Å². The highest BCUT2D eigenvalue weighted by molar-refractivity contribution is 6.05. The lowest BCUT2D eigenvalue weighted by Gasteiger charge is -2.27. The van der Waals surface area contributed by atoms with Crippen molar-refractivity contribution in [3.8, 4) is 28.3 Å². The van der Waals surface area contributed by atoms with E-state index in [0.717, 1.165) is 30.4 Å². The van der Waals surface area contributed by atoms with Gasteiger partial charge in [-0.05, 0) is 6.07 Å². The van der Waals surface area contributed by atoms with Gasteiger partial charge in [0.25, 0.3) is 0 Å². The highest BCUT2D eigenvalue weighted by atomic mass is 19.1. The van der Waals surface area contributed by atoms with Crippen molar-refractivity contribution in [2.24, 2.45) is 7.05 Å². The van der Waals surface area contributed by atoms with Crippen molar-refractivity contribution in [1.82, 2.24) is 34.2 Å². The van der Waals surface area contributed by atoms with Crippen LogP contribution in [-0.4, -0.2) is 56.2 Å². The fourth-order valence-electron chi connectivity index (χ4n) is 4.54. The molecule has 178 valence electrons. The second-order valence-electron chi connectivity index (χ2n) is 8.43. The topological polar surface area (TPSA) is 101 Å². The predicted octanol–water partition coefficient (Wildman–Crippen LogP) is 2.44. The molecule has 0 amide bonds. The lowest BCUT2D eigenvalue weighted by molar-refractivity contribution is 0.318. The normalized spacial score (nSPS) is 13.9. The summed E-state index contributed by atoms with van der Waals surface area (Å²) in [6.45, 7) is 1.74. The van der Waals surface area contributed by atoms with E-state index in [1.807, 2.05) is 23.0 Å². The summed E-state index contributed by atoms with van der Waals surface area (Å²) in [7, 11) is 4.63. The quantitative estimate of drug-likeness (QED) is 0.417. The molecule has 0 aliphatic carbocycles. The number of methoxy groups -OCH3 is 2. The van der Waals surface area contributed by atoms with E-state index in [0.29, 0.717) is 33.7 Å². The third kappa shape index (κ3) is 3.12. The van der Waals surface area contributed by atoms with Crippen LogP contribution in [0.4, 0.5) is 4.39 Å². The summed E-state index contributed by atoms with van der Waals surface area (Å²) in [5.41, 5.74) is 2.87. The zero-order valence-electron chi connectivity index (χ0n) is 19.3. The van der Waals surface area contributed by atoms with Crippen LogP contribution in [0.1, 0.15) is 6.04 Å². The summed E-state index contributed by atoms with van der Waals surface area (Å²) in [4.78, 5) is 21.8. The van der Waals surface area contributed by atoms with Gasteiger partial charge in [-0.3, -0.25) is 23.8 Å². The second-order valence-corrected chi connectivity index (χ2v) is 8.43. The van der Waals surface area contributed by atoms with Crippen molar-refractivity contribution in [3.05, 3.63) is 59.4 Å². The highest BCUT2D eigenvalue weighted by Crippen LogP contribution is 2.37. The van der Waals surface area contributed by atoms with E-state index in [4.69, 9.17) is 9.47 Å². The zero-order chi connectivity index (χ0) is 24.3. The Balaban J connectivity index is 1.68. The lowest BCUT2D eigenvalue weighted by Crippen LogP contribution is -2.43. The molecule has 1 aromatic carbocycles. The standard InChI is InChI=1S/C24H22FN7O3/c1-30-19-10-28-18-5-20(34-2)15(13-6-29-31(12-13)14-7-26-8-14)4-16(18)22(19)32(24(30)33)23-17(25)9-27-11-21(23)35-3/h4-6,9-12,14,26H,7-8H2,1-3H3. The average Bonchev–Trinajstić information content (AvgIpc) is 3.40. The molecule has 0 unspecified atom stereocenters. The molecule has 4 aromatic heterocycles. The zero-order valence-corrected chi connectivity index (χ0v) is 19.3. The van der Waals surface area contributed by atoms with Gasteiger partial charge in [0.1, 0.15) is 11.4 Å². The van der Waals surface area contributed by atoms with Gasteiger partial charge in [0, 0.05) is 48.9 Å². The van der Waals surface area contributed by atoms with Crippen LogP contribution in [0.2, 0.25) is 0 Å². The van der Waals surface area contributed by atoms with Gasteiger partial charge in [-0.2, -0.15) is 5.10 Å². The summed E-state index contributed by atoms with van der Waals surface area (Å²) in [6.07, 6.45) is 7.81. The molecule has 1 fully saturated rings. The number of aryl methyl sites for hydroxylation is 1. The van der Waals surface area contributed by atoms with Crippen LogP contribution in [0.3, 0.4) is 0 Å². The Kier molecular flexibility index (Phi) is 4.81. The Morgan fingerprint density at radius 2 is 1.89 bits per heavy atom. The van der Waals surface area contributed by atoms with Crippen LogP contribution in [0.25, 0.3) is 38.8 Å². The number of benzene rings is 1. The molecule has 1 N–H and O–H groups in total. The molecule has 35 heavy (non-hydrogen) atoms. The van der Waals surface area contributed by atoms with E-state index in [1.165, 1.54) is 22.4 Å². The van der Waals surface area contributed by atoms with Crippen LogP contribution in [0, 0.1) is 5.82 Å². The van der Waals surface area contributed by atoms with Gasteiger partial charge in [-0.15, -0.1) is 0 Å². The lowest BCUT2D eigenvalue weighted by atomic mass is 10.0. The van der Waals surface area contributed by atoms with Gasteiger partial charge in [0.05, 0.1) is 61.6 Å². The highest BCUT2D eigenvalue weighted by Gasteiger charge is 2.24. The number of aromatic nitrogens is 6. The second kappa shape index (κ2) is 7.91.